The molecule has 118 valence electrons. The van der Waals surface area contributed by atoms with Gasteiger partial charge in [0.25, 0.3) is 0 Å². The van der Waals surface area contributed by atoms with Crippen molar-refractivity contribution in [2.24, 2.45) is 0 Å². The molecule has 0 heterocycles. The Balaban J connectivity index is 3.07. The third-order valence-electron chi connectivity index (χ3n) is 1.70. The molecule has 0 amide bonds. The van der Waals surface area contributed by atoms with Gasteiger partial charge in [-0.3, -0.25) is 0 Å². The fourth-order valence-corrected chi connectivity index (χ4v) is 3.81. The number of carbonyl (C=O) groups excluding carboxylic acids is 2. The van der Waals surface area contributed by atoms with Crippen LogP contribution < -0.4 is 0 Å². The molecule has 0 bridgehead atoms. The Kier molecular flexibility index (Phi) is 5.69. The molecule has 0 saturated carbocycles. The van der Waals surface area contributed by atoms with E-state index in [1.165, 1.54) is 18.2 Å². The second-order valence-corrected chi connectivity index (χ2v) is 6.61. The second kappa shape index (κ2) is 6.70. The summed E-state index contributed by atoms with van der Waals surface area (Å²) in [6.07, 6.45) is -10.1. The van der Waals surface area contributed by atoms with Gasteiger partial charge in [0.1, 0.15) is 0 Å². The minimum atomic E-state index is -5.05. The van der Waals surface area contributed by atoms with Crippen LogP contribution >= 0.6 is 20.6 Å². The van der Waals surface area contributed by atoms with Crippen LogP contribution in [0, 0.1) is 3.57 Å². The van der Waals surface area contributed by atoms with Gasteiger partial charge in [0.05, 0.1) is 0 Å². The molecular formula is C10H5F6IO4. The van der Waals surface area contributed by atoms with Gasteiger partial charge in [-0.15, -0.1) is 0 Å². The normalized spacial score (nSPS) is 13.0. The maximum atomic E-state index is 12.8. The summed E-state index contributed by atoms with van der Waals surface area (Å²) in [6, 6.07) is -0.646. The van der Waals surface area contributed by atoms with Crippen molar-refractivity contribution in [3.8, 4) is 0 Å². The first-order chi connectivity index (χ1) is 9.56. The molecule has 11 heteroatoms. The van der Waals surface area contributed by atoms with E-state index in [0.29, 0.717) is 0 Å². The molecule has 1 aromatic rings. The van der Waals surface area contributed by atoms with E-state index in [9.17, 15) is 35.9 Å². The van der Waals surface area contributed by atoms with Crippen molar-refractivity contribution in [3.05, 3.63) is 33.9 Å². The number of hydrogen-bond donors (Lipinski definition) is 0. The molecule has 0 unspecified atom stereocenters. The second-order valence-electron chi connectivity index (χ2n) is 3.25. The Hall–Kier alpha value is -1.21. The fourth-order valence-electron chi connectivity index (χ4n) is 0.859. The Morgan fingerprint density at radius 1 is 0.857 bits per heavy atom. The van der Waals surface area contributed by atoms with Gasteiger partial charge in [0, 0.05) is 0 Å². The zero-order valence-corrected chi connectivity index (χ0v) is 11.8. The fraction of sp³-hybridized carbons (Fsp3) is 0.200. The molecule has 0 atom stereocenters. The summed E-state index contributed by atoms with van der Waals surface area (Å²) in [7, 11) is 0. The molecular weight excluding hydrogens is 425 g/mol. The summed E-state index contributed by atoms with van der Waals surface area (Å²) in [4.78, 5) is 20.1. The number of hydrogen-bond acceptors (Lipinski definition) is 4. The van der Waals surface area contributed by atoms with Gasteiger partial charge in [-0.25, -0.2) is 0 Å². The van der Waals surface area contributed by atoms with E-state index in [2.05, 4.69) is 6.13 Å². The molecule has 0 fully saturated rings. The topological polar surface area (TPSA) is 52.6 Å². The van der Waals surface area contributed by atoms with E-state index in [4.69, 9.17) is 0 Å². The molecule has 0 saturated heterocycles. The number of benzene rings is 1. The molecule has 0 radical (unpaired) electrons. The Morgan fingerprint density at radius 2 is 1.24 bits per heavy atom. The van der Waals surface area contributed by atoms with Gasteiger partial charge >= 0.3 is 121 Å². The summed E-state index contributed by atoms with van der Waals surface area (Å²) in [5.74, 6) is 0. The van der Waals surface area contributed by atoms with Crippen molar-refractivity contribution in [1.82, 2.24) is 0 Å². The molecule has 4 nitrogen and oxygen atoms in total. The average molecular weight is 430 g/mol. The summed E-state index contributed by atoms with van der Waals surface area (Å²) >= 11 is -4.58. The Labute approximate surface area is 121 Å². The Morgan fingerprint density at radius 3 is 1.57 bits per heavy atom. The third-order valence-corrected chi connectivity index (χ3v) is 5.35. The SMILES string of the molecule is O=C(F)C(F)(F)OI(OC(F)(F)C(=O)F)c1ccccc1. The predicted molar refractivity (Wildman–Crippen MR) is 63.5 cm³/mol. The molecule has 0 aliphatic heterocycles. The summed E-state index contributed by atoms with van der Waals surface area (Å²) in [5.41, 5.74) is 0. The van der Waals surface area contributed by atoms with Crippen LogP contribution in [-0.2, 0) is 15.7 Å². The molecule has 0 spiro atoms. The van der Waals surface area contributed by atoms with Gasteiger partial charge in [0.2, 0.25) is 0 Å². The first-order valence-electron chi connectivity index (χ1n) is 4.86. The van der Waals surface area contributed by atoms with Gasteiger partial charge in [-0.05, 0) is 0 Å². The van der Waals surface area contributed by atoms with Gasteiger partial charge in [0.15, 0.2) is 0 Å². The van der Waals surface area contributed by atoms with Crippen LogP contribution in [0.25, 0.3) is 0 Å². The molecule has 0 aliphatic rings. The van der Waals surface area contributed by atoms with Crippen LogP contribution in [0.5, 0.6) is 0 Å². The van der Waals surface area contributed by atoms with Crippen LogP contribution in [0.15, 0.2) is 30.3 Å². The number of halogens is 7. The van der Waals surface area contributed by atoms with Crippen molar-refractivity contribution in [2.75, 3.05) is 0 Å². The van der Waals surface area contributed by atoms with E-state index in [1.54, 1.807) is 0 Å². The molecule has 0 N–H and O–H groups in total. The van der Waals surface area contributed by atoms with Crippen LogP contribution in [0.1, 0.15) is 0 Å². The minimum absolute atomic E-state index is 0.372. The van der Waals surface area contributed by atoms with Crippen LogP contribution in [-0.4, -0.2) is 24.3 Å². The van der Waals surface area contributed by atoms with Gasteiger partial charge in [-0.1, -0.05) is 0 Å². The van der Waals surface area contributed by atoms with E-state index in [-0.39, 0.29) is 3.57 Å². The van der Waals surface area contributed by atoms with E-state index >= 15 is 0 Å². The van der Waals surface area contributed by atoms with E-state index in [0.717, 1.165) is 12.1 Å². The molecule has 0 aromatic heterocycles. The predicted octanol–water partition coefficient (Wildman–Crippen LogP) is 3.40. The number of carbonyl (C=O) groups is 2. The average Bonchev–Trinajstić information content (AvgIpc) is 2.38. The Bertz CT molecular complexity index is 496. The van der Waals surface area contributed by atoms with Crippen molar-refractivity contribution < 1.29 is 42.1 Å². The number of rotatable bonds is 7. The zero-order valence-electron chi connectivity index (χ0n) is 9.67. The third kappa shape index (κ3) is 4.93. The van der Waals surface area contributed by atoms with E-state index < -0.39 is 44.9 Å². The quantitative estimate of drug-likeness (QED) is 0.378. The molecule has 21 heavy (non-hydrogen) atoms. The van der Waals surface area contributed by atoms with Crippen molar-refractivity contribution in [2.45, 2.75) is 12.2 Å². The van der Waals surface area contributed by atoms with Crippen LogP contribution in [0.2, 0.25) is 0 Å². The van der Waals surface area contributed by atoms with Crippen molar-refractivity contribution in [1.29, 1.82) is 0 Å². The molecule has 1 rings (SSSR count). The molecule has 0 aliphatic carbocycles. The molecule has 1 aromatic carbocycles. The summed E-state index contributed by atoms with van der Waals surface area (Å²) in [5, 5.41) is 0. The van der Waals surface area contributed by atoms with Crippen LogP contribution in [0.3, 0.4) is 0 Å². The van der Waals surface area contributed by atoms with E-state index in [1.807, 2.05) is 0 Å². The van der Waals surface area contributed by atoms with Gasteiger partial charge in [-0.2, -0.15) is 0 Å². The first kappa shape index (κ1) is 17.8. The number of alkyl halides is 4. The van der Waals surface area contributed by atoms with Gasteiger partial charge < -0.3 is 0 Å². The zero-order chi connectivity index (χ0) is 16.3. The summed E-state index contributed by atoms with van der Waals surface area (Å²) < 4.78 is 82.5. The standard InChI is InChI=1S/C10H5F6IO4/c11-7(18)9(13,14)20-17(6-4-2-1-3-5-6)21-10(15,16)8(12)19/h1-5H. The summed E-state index contributed by atoms with van der Waals surface area (Å²) in [6.45, 7) is 0. The maximum absolute atomic E-state index is 12.8. The first-order valence-corrected chi connectivity index (χ1v) is 7.70. The van der Waals surface area contributed by atoms with Crippen molar-refractivity contribution >= 4 is 32.7 Å². The monoisotopic (exact) mass is 430 g/mol. The van der Waals surface area contributed by atoms with Crippen LogP contribution in [0.4, 0.5) is 26.3 Å². The van der Waals surface area contributed by atoms with Crippen molar-refractivity contribution in [3.63, 3.8) is 0 Å².